The van der Waals surface area contributed by atoms with Gasteiger partial charge in [-0.3, -0.25) is 9.13 Å². The molecule has 3 aliphatic rings. The van der Waals surface area contributed by atoms with E-state index in [1.807, 2.05) is 12.1 Å². The molecule has 0 saturated carbocycles. The van der Waals surface area contributed by atoms with Crippen molar-refractivity contribution in [1.82, 2.24) is 38.2 Å². The highest BCUT2D eigenvalue weighted by molar-refractivity contribution is 6.29. The van der Waals surface area contributed by atoms with Crippen molar-refractivity contribution in [2.45, 2.75) is 18.3 Å². The minimum absolute atomic E-state index is 0.108. The molecule has 6 aromatic heterocycles. The Labute approximate surface area is 730 Å². The zero-order valence-electron chi connectivity index (χ0n) is 69.0. The Morgan fingerprint density at radius 3 is 1.33 bits per heavy atom. The molecule has 2 atom stereocenters. The Morgan fingerprint density at radius 1 is 0.244 bits per heavy atom. The van der Waals surface area contributed by atoms with Crippen LogP contribution in [0.25, 0.3) is 199 Å². The smallest absolute Gasteiger partial charge is 0.165 e. The minimum Gasteiger partial charge on any atom is -0.313 e. The standard InChI is InChI=1S/C117H74N10/c1-117-92-69-79(77-33-24-35-80(67-77)114-116(121-96-46-18-16-44-94(96)119-114)127-99-48-20-10-38-85(99)90-70-82(58-61-103(90)127)122-100-49-21-12-40-87(100)110-106(122)63-64-107-111(110)88-41-13-22-50-101(88)125(107)97-52-26-32-75-29-8-9-37-84(75)97)57-60-105(92)124(83-59-62-104-91(71-83)86-39-11-19-47-98(86)126(104)115-113(76-30-6-3-7-31-76)118-93-43-15-17-45-95(93)120-115)109(117)66-65-108-112(117)89-42-14-23-51-102(89)123(108)81-36-25-34-78(68-81)74-55-53-73(54-56-74)72-27-4-2-5-28-72/h2-71,112H,1H3. The van der Waals surface area contributed by atoms with E-state index in [1.165, 1.54) is 93.9 Å². The zero-order valence-corrected chi connectivity index (χ0v) is 69.0. The molecule has 127 heavy (non-hydrogen) atoms. The first-order valence-electron chi connectivity index (χ1n) is 43.6. The Kier molecular flexibility index (Phi) is 15.2. The molecule has 0 bridgehead atoms. The van der Waals surface area contributed by atoms with Crippen LogP contribution in [0.4, 0.5) is 22.7 Å². The number of fused-ring (bicyclic) bond motifs is 23. The van der Waals surface area contributed by atoms with Gasteiger partial charge in [-0.15, -0.1) is 0 Å². The van der Waals surface area contributed by atoms with Gasteiger partial charge in [0, 0.05) is 105 Å². The van der Waals surface area contributed by atoms with Crippen LogP contribution in [-0.4, -0.2) is 38.2 Å². The van der Waals surface area contributed by atoms with E-state index >= 15 is 0 Å². The van der Waals surface area contributed by atoms with Gasteiger partial charge in [0.2, 0.25) is 0 Å². The summed E-state index contributed by atoms with van der Waals surface area (Å²) in [7, 11) is 0. The number of benzene rings is 18. The summed E-state index contributed by atoms with van der Waals surface area (Å²) < 4.78 is 9.63. The molecule has 0 N–H and O–H groups in total. The van der Waals surface area contributed by atoms with Crippen molar-refractivity contribution in [3.8, 4) is 78.9 Å². The lowest BCUT2D eigenvalue weighted by atomic mass is 9.65. The quantitative estimate of drug-likeness (QED) is 0.128. The van der Waals surface area contributed by atoms with E-state index in [9.17, 15) is 0 Å². The molecule has 0 spiro atoms. The second-order valence-corrected chi connectivity index (χ2v) is 34.1. The van der Waals surface area contributed by atoms with Crippen molar-refractivity contribution in [3.05, 3.63) is 447 Å². The fourth-order valence-corrected chi connectivity index (χ4v) is 21.8. The highest BCUT2D eigenvalue weighted by Crippen LogP contribution is 2.66. The molecule has 592 valence electrons. The van der Waals surface area contributed by atoms with Crippen molar-refractivity contribution in [2.24, 2.45) is 0 Å². The zero-order chi connectivity index (χ0) is 83.3. The predicted molar refractivity (Wildman–Crippen MR) is 525 cm³/mol. The molecular formula is C117H74N10. The topological polar surface area (TPSA) is 77.8 Å². The fourth-order valence-electron chi connectivity index (χ4n) is 21.8. The summed E-state index contributed by atoms with van der Waals surface area (Å²) in [6.45, 7) is 2.51. The largest absolute Gasteiger partial charge is 0.313 e. The SMILES string of the molecule is CC12C(=CC=C3C1c1ccccc1N3c1cccc(-c3ccc(-c4ccccc4)cc3)c1)N(c1ccc3c(c1)c1ccccc1n3-c1nc3ccccc3nc1-c1ccccc1)c1ccc(-c3cccc(-c4nc5ccccc5nc4-n4c5ccccc5c5cc(-n6c7ccccc7c7c8c9ccccc9n(-c9cccc%10ccccc9%10)c8ccc76)ccc54)c3)cc12. The van der Waals surface area contributed by atoms with E-state index in [1.54, 1.807) is 0 Å². The number of allylic oxidation sites excluding steroid dienone is 4. The van der Waals surface area contributed by atoms with Crippen LogP contribution in [0.15, 0.2) is 436 Å². The van der Waals surface area contributed by atoms with Gasteiger partial charge in [-0.2, -0.15) is 0 Å². The highest BCUT2D eigenvalue weighted by Gasteiger charge is 2.56. The maximum Gasteiger partial charge on any atom is 0.165 e. The van der Waals surface area contributed by atoms with Gasteiger partial charge in [-0.25, -0.2) is 19.9 Å². The van der Waals surface area contributed by atoms with Crippen LogP contribution in [0.1, 0.15) is 24.0 Å². The third kappa shape index (κ3) is 10.5. The van der Waals surface area contributed by atoms with Crippen LogP contribution >= 0.6 is 0 Å². The van der Waals surface area contributed by atoms with Crippen molar-refractivity contribution in [2.75, 3.05) is 9.80 Å². The number of aromatic nitrogens is 8. The molecular weight excluding hydrogens is 1550 g/mol. The van der Waals surface area contributed by atoms with E-state index in [-0.39, 0.29) is 5.92 Å². The maximum absolute atomic E-state index is 5.74. The van der Waals surface area contributed by atoms with E-state index in [0.717, 1.165) is 150 Å². The summed E-state index contributed by atoms with van der Waals surface area (Å²) in [5, 5.41) is 11.8. The van der Waals surface area contributed by atoms with Gasteiger partial charge in [0.05, 0.1) is 77.6 Å². The molecule has 0 amide bonds. The summed E-state index contributed by atoms with van der Waals surface area (Å²) in [5.74, 6) is 1.43. The number of anilines is 4. The second kappa shape index (κ2) is 27.3. The van der Waals surface area contributed by atoms with Crippen molar-refractivity contribution in [3.63, 3.8) is 0 Å². The van der Waals surface area contributed by atoms with Crippen molar-refractivity contribution >= 4 is 143 Å². The molecule has 0 radical (unpaired) electrons. The van der Waals surface area contributed by atoms with Crippen molar-refractivity contribution < 1.29 is 0 Å². The summed E-state index contributed by atoms with van der Waals surface area (Å²) in [6.07, 6.45) is 4.83. The number of nitrogens with zero attached hydrogens (tertiary/aromatic N) is 10. The predicted octanol–water partition coefficient (Wildman–Crippen LogP) is 29.6. The van der Waals surface area contributed by atoms with Gasteiger partial charge in [-0.05, 0) is 208 Å². The Morgan fingerprint density at radius 2 is 0.669 bits per heavy atom. The van der Waals surface area contributed by atoms with Gasteiger partial charge in [0.15, 0.2) is 11.6 Å². The van der Waals surface area contributed by atoms with Crippen LogP contribution in [0, 0.1) is 0 Å². The second-order valence-electron chi connectivity index (χ2n) is 34.1. The van der Waals surface area contributed by atoms with E-state index < -0.39 is 5.41 Å². The monoisotopic (exact) mass is 1620 g/mol. The molecule has 24 aromatic rings. The lowest BCUT2D eigenvalue weighted by molar-refractivity contribution is 0.495. The van der Waals surface area contributed by atoms with E-state index in [4.69, 9.17) is 19.9 Å². The Hall–Kier alpha value is -16.8. The normalized spacial score (nSPS) is 14.8. The summed E-state index contributed by atoms with van der Waals surface area (Å²) in [6, 6.07) is 151. The van der Waals surface area contributed by atoms with Crippen molar-refractivity contribution in [1.29, 1.82) is 0 Å². The van der Waals surface area contributed by atoms with Crippen LogP contribution in [0.2, 0.25) is 0 Å². The lowest BCUT2D eigenvalue weighted by Crippen LogP contribution is -2.36. The van der Waals surface area contributed by atoms with Crippen LogP contribution in [0.5, 0.6) is 0 Å². The van der Waals surface area contributed by atoms with Gasteiger partial charge < -0.3 is 18.9 Å². The molecule has 10 nitrogen and oxygen atoms in total. The molecule has 0 saturated heterocycles. The Balaban J connectivity index is 0.616. The summed E-state index contributed by atoms with van der Waals surface area (Å²) in [4.78, 5) is 27.5. The maximum atomic E-state index is 5.74. The van der Waals surface area contributed by atoms with Crippen LogP contribution < -0.4 is 9.80 Å². The van der Waals surface area contributed by atoms with E-state index in [0.29, 0.717) is 0 Å². The first-order chi connectivity index (χ1) is 62.9. The third-order valence-electron chi connectivity index (χ3n) is 27.4. The minimum atomic E-state index is -0.626. The first kappa shape index (κ1) is 70.8. The molecule has 18 aromatic carbocycles. The number of rotatable bonds is 11. The highest BCUT2D eigenvalue weighted by atomic mass is 15.2. The van der Waals surface area contributed by atoms with Gasteiger partial charge >= 0.3 is 0 Å². The average molecular weight is 1620 g/mol. The van der Waals surface area contributed by atoms with E-state index in [2.05, 4.69) is 448 Å². The lowest BCUT2D eigenvalue weighted by Gasteiger charge is -2.40. The molecule has 10 heteroatoms. The summed E-state index contributed by atoms with van der Waals surface area (Å²) >= 11 is 0. The number of para-hydroxylation sites is 9. The molecule has 8 heterocycles. The number of hydrogen-bond acceptors (Lipinski definition) is 6. The fraction of sp³-hybridized carbons (Fsp3) is 0.0256. The van der Waals surface area contributed by atoms with Gasteiger partial charge in [-0.1, -0.05) is 273 Å². The molecule has 2 unspecified atom stereocenters. The summed E-state index contributed by atoms with van der Waals surface area (Å²) in [5.41, 5.74) is 33.6. The van der Waals surface area contributed by atoms with Crippen LogP contribution in [0.3, 0.4) is 0 Å². The molecule has 1 aliphatic carbocycles. The molecule has 2 aliphatic heterocycles. The number of hydrogen-bond donors (Lipinski definition) is 0. The molecule has 27 rings (SSSR count). The first-order valence-corrected chi connectivity index (χ1v) is 43.6. The average Bonchev–Trinajstić information content (AvgIpc) is 1.52. The van der Waals surface area contributed by atoms with Crippen LogP contribution in [-0.2, 0) is 5.41 Å². The van der Waals surface area contributed by atoms with Gasteiger partial charge in [0.1, 0.15) is 11.4 Å². The molecule has 0 fully saturated rings. The Bertz CT molecular complexity index is 8880. The third-order valence-corrected chi connectivity index (χ3v) is 27.4. The van der Waals surface area contributed by atoms with Gasteiger partial charge in [0.25, 0.3) is 0 Å².